The van der Waals surface area contributed by atoms with E-state index in [9.17, 15) is 4.39 Å². The van der Waals surface area contributed by atoms with Gasteiger partial charge in [-0.05, 0) is 19.1 Å². The summed E-state index contributed by atoms with van der Waals surface area (Å²) in [6, 6.07) is 2.99. The normalized spacial score (nSPS) is 10.4. The van der Waals surface area contributed by atoms with Crippen molar-refractivity contribution in [3.05, 3.63) is 48.1 Å². The monoisotopic (exact) mass is 191 g/mol. The summed E-state index contributed by atoms with van der Waals surface area (Å²) in [5, 5.41) is 0. The number of hydrogen-bond acceptors (Lipinski definition) is 2. The minimum atomic E-state index is -0.277. The van der Waals surface area contributed by atoms with Gasteiger partial charge in [-0.2, -0.15) is 0 Å². The van der Waals surface area contributed by atoms with Crippen LogP contribution in [0.5, 0.6) is 0 Å². The van der Waals surface area contributed by atoms with Crippen molar-refractivity contribution in [2.75, 3.05) is 0 Å². The van der Waals surface area contributed by atoms with E-state index in [1.807, 2.05) is 11.5 Å². The Morgan fingerprint density at radius 3 is 3.00 bits per heavy atom. The van der Waals surface area contributed by atoms with Gasteiger partial charge in [0.1, 0.15) is 5.82 Å². The molecule has 0 amide bonds. The van der Waals surface area contributed by atoms with E-state index in [0.29, 0.717) is 12.2 Å². The van der Waals surface area contributed by atoms with E-state index in [1.54, 1.807) is 24.8 Å². The Hall–Kier alpha value is -1.71. The number of rotatable bonds is 2. The van der Waals surface area contributed by atoms with Gasteiger partial charge in [-0.1, -0.05) is 0 Å². The van der Waals surface area contributed by atoms with Crippen molar-refractivity contribution in [3.8, 4) is 0 Å². The van der Waals surface area contributed by atoms with Crippen LogP contribution in [0.25, 0.3) is 0 Å². The molecule has 0 aliphatic carbocycles. The molecule has 0 aliphatic rings. The number of nitrogens with zero attached hydrogens (tertiary/aromatic N) is 3. The molecule has 14 heavy (non-hydrogen) atoms. The highest BCUT2D eigenvalue weighted by molar-refractivity contribution is 5.09. The van der Waals surface area contributed by atoms with Gasteiger partial charge in [0, 0.05) is 18.1 Å². The third-order valence-electron chi connectivity index (χ3n) is 2.08. The van der Waals surface area contributed by atoms with Gasteiger partial charge in [0.15, 0.2) is 0 Å². The third kappa shape index (κ3) is 1.64. The van der Waals surface area contributed by atoms with Crippen LogP contribution in [0.3, 0.4) is 0 Å². The fourth-order valence-corrected chi connectivity index (χ4v) is 1.25. The van der Waals surface area contributed by atoms with E-state index >= 15 is 0 Å². The zero-order valence-electron chi connectivity index (χ0n) is 7.81. The quantitative estimate of drug-likeness (QED) is 0.724. The Labute approximate surface area is 81.2 Å². The van der Waals surface area contributed by atoms with Gasteiger partial charge in [-0.15, -0.1) is 0 Å². The molecule has 0 atom stereocenters. The Morgan fingerprint density at radius 1 is 1.50 bits per heavy atom. The first-order valence-electron chi connectivity index (χ1n) is 4.33. The van der Waals surface area contributed by atoms with Crippen LogP contribution in [-0.2, 0) is 6.54 Å². The van der Waals surface area contributed by atoms with Crippen LogP contribution < -0.4 is 0 Å². The number of aryl methyl sites for hydroxylation is 1. The summed E-state index contributed by atoms with van der Waals surface area (Å²) < 4.78 is 15.1. The lowest BCUT2D eigenvalue weighted by Crippen LogP contribution is -2.04. The summed E-state index contributed by atoms with van der Waals surface area (Å²) in [5.41, 5.74) is 1.43. The van der Waals surface area contributed by atoms with Crippen molar-refractivity contribution in [1.29, 1.82) is 0 Å². The van der Waals surface area contributed by atoms with Crippen LogP contribution in [0.15, 0.2) is 30.9 Å². The molecule has 0 bridgehead atoms. The second kappa shape index (κ2) is 3.57. The smallest absolute Gasteiger partial charge is 0.146 e. The molecular weight excluding hydrogens is 181 g/mol. The predicted octanol–water partition coefficient (Wildman–Crippen LogP) is 1.77. The minimum absolute atomic E-state index is 0.277. The van der Waals surface area contributed by atoms with Crippen molar-refractivity contribution in [3.63, 3.8) is 0 Å². The predicted molar refractivity (Wildman–Crippen MR) is 50.3 cm³/mol. The van der Waals surface area contributed by atoms with Crippen LogP contribution in [0.2, 0.25) is 0 Å². The summed E-state index contributed by atoms with van der Waals surface area (Å²) in [5.74, 6) is -0.277. The van der Waals surface area contributed by atoms with Gasteiger partial charge in [0.05, 0.1) is 18.6 Å². The number of pyridine rings is 1. The molecule has 0 unspecified atom stereocenters. The molecule has 3 nitrogen and oxygen atoms in total. The van der Waals surface area contributed by atoms with Gasteiger partial charge in [0.2, 0.25) is 0 Å². The Morgan fingerprint density at radius 2 is 2.36 bits per heavy atom. The highest BCUT2D eigenvalue weighted by Crippen LogP contribution is 2.06. The first-order chi connectivity index (χ1) is 6.77. The van der Waals surface area contributed by atoms with Crippen molar-refractivity contribution in [2.45, 2.75) is 13.5 Å². The zero-order valence-corrected chi connectivity index (χ0v) is 7.81. The van der Waals surface area contributed by atoms with Crippen molar-refractivity contribution < 1.29 is 4.39 Å². The molecule has 2 aromatic heterocycles. The number of imidazole rings is 1. The molecule has 0 aliphatic heterocycles. The van der Waals surface area contributed by atoms with Crippen molar-refractivity contribution in [1.82, 2.24) is 14.5 Å². The Kier molecular flexibility index (Phi) is 2.26. The molecule has 2 aromatic rings. The number of aromatic nitrogens is 3. The van der Waals surface area contributed by atoms with E-state index in [2.05, 4.69) is 9.97 Å². The maximum atomic E-state index is 13.2. The molecule has 0 fully saturated rings. The van der Waals surface area contributed by atoms with Crippen molar-refractivity contribution in [2.24, 2.45) is 0 Å². The molecular formula is C10H10FN3. The van der Waals surface area contributed by atoms with E-state index < -0.39 is 0 Å². The molecule has 0 saturated heterocycles. The van der Waals surface area contributed by atoms with Gasteiger partial charge in [0.25, 0.3) is 0 Å². The SMILES string of the molecule is Cc1cncn1Cc1ncccc1F. The largest absolute Gasteiger partial charge is 0.329 e. The van der Waals surface area contributed by atoms with Crippen LogP contribution >= 0.6 is 0 Å². The maximum Gasteiger partial charge on any atom is 0.146 e. The zero-order chi connectivity index (χ0) is 9.97. The Bertz CT molecular complexity index is 436. The van der Waals surface area contributed by atoms with Crippen molar-refractivity contribution >= 4 is 0 Å². The summed E-state index contributed by atoms with van der Waals surface area (Å²) in [7, 11) is 0. The average Bonchev–Trinajstić information content (AvgIpc) is 2.56. The molecule has 0 aromatic carbocycles. The fourth-order valence-electron chi connectivity index (χ4n) is 1.25. The molecule has 0 radical (unpaired) electrons. The molecule has 2 rings (SSSR count). The standard InChI is InChI=1S/C10H10FN3/c1-8-5-12-7-14(8)6-10-9(11)3-2-4-13-10/h2-5,7H,6H2,1H3. The summed E-state index contributed by atoms with van der Waals surface area (Å²) in [4.78, 5) is 7.93. The molecule has 0 spiro atoms. The lowest BCUT2D eigenvalue weighted by Gasteiger charge is -2.04. The first kappa shape index (κ1) is 8.87. The van der Waals surface area contributed by atoms with Gasteiger partial charge < -0.3 is 4.57 Å². The molecule has 72 valence electrons. The van der Waals surface area contributed by atoms with Gasteiger partial charge >= 0.3 is 0 Å². The van der Waals surface area contributed by atoms with Gasteiger partial charge in [-0.25, -0.2) is 9.37 Å². The summed E-state index contributed by atoms with van der Waals surface area (Å²) in [6.07, 6.45) is 5.00. The number of halogens is 1. The van der Waals surface area contributed by atoms with E-state index in [1.165, 1.54) is 6.07 Å². The lowest BCUT2D eigenvalue weighted by atomic mass is 10.3. The molecule has 4 heteroatoms. The topological polar surface area (TPSA) is 30.7 Å². The Balaban J connectivity index is 2.28. The fraction of sp³-hybridized carbons (Fsp3) is 0.200. The summed E-state index contributed by atoms with van der Waals surface area (Å²) in [6.45, 7) is 2.35. The molecule has 0 saturated carbocycles. The lowest BCUT2D eigenvalue weighted by molar-refractivity contribution is 0.584. The van der Waals surface area contributed by atoms with Crippen LogP contribution in [0.4, 0.5) is 4.39 Å². The highest BCUT2D eigenvalue weighted by atomic mass is 19.1. The number of hydrogen-bond donors (Lipinski definition) is 0. The first-order valence-corrected chi connectivity index (χ1v) is 4.33. The highest BCUT2D eigenvalue weighted by Gasteiger charge is 2.04. The molecule has 2 heterocycles. The van der Waals surface area contributed by atoms with Gasteiger partial charge in [-0.3, -0.25) is 4.98 Å². The second-order valence-electron chi connectivity index (χ2n) is 3.09. The minimum Gasteiger partial charge on any atom is -0.329 e. The summed E-state index contributed by atoms with van der Waals surface area (Å²) >= 11 is 0. The van der Waals surface area contributed by atoms with Crippen LogP contribution in [0.1, 0.15) is 11.4 Å². The average molecular weight is 191 g/mol. The van der Waals surface area contributed by atoms with Crippen LogP contribution in [0, 0.1) is 12.7 Å². The third-order valence-corrected chi connectivity index (χ3v) is 2.08. The van der Waals surface area contributed by atoms with E-state index in [0.717, 1.165) is 5.69 Å². The van der Waals surface area contributed by atoms with E-state index in [-0.39, 0.29) is 5.82 Å². The van der Waals surface area contributed by atoms with E-state index in [4.69, 9.17) is 0 Å². The maximum absolute atomic E-state index is 13.2. The van der Waals surface area contributed by atoms with Crippen LogP contribution in [-0.4, -0.2) is 14.5 Å². The molecule has 0 N–H and O–H groups in total. The second-order valence-corrected chi connectivity index (χ2v) is 3.09.